The van der Waals surface area contributed by atoms with Gasteiger partial charge in [-0.15, -0.1) is 0 Å². The summed E-state index contributed by atoms with van der Waals surface area (Å²) in [6.45, 7) is 10.5. The van der Waals surface area contributed by atoms with Crippen LogP contribution in [0.25, 0.3) is 0 Å². The Balaban J connectivity index is 3.19. The Labute approximate surface area is 143 Å². The monoisotopic (exact) mass is 422 g/mol. The minimum Gasteiger partial charge on any atom is -0.370 e. The lowest BCUT2D eigenvalue weighted by atomic mass is 10.2. The van der Waals surface area contributed by atoms with Crippen molar-refractivity contribution in [2.24, 2.45) is 0 Å². The van der Waals surface area contributed by atoms with Crippen LogP contribution in [0.3, 0.4) is 0 Å². The molecule has 0 spiro atoms. The lowest BCUT2D eigenvalue weighted by Gasteiger charge is -2.30. The van der Waals surface area contributed by atoms with Crippen LogP contribution in [0.4, 0.5) is 0 Å². The van der Waals surface area contributed by atoms with Crippen molar-refractivity contribution in [2.75, 3.05) is 19.8 Å². The van der Waals surface area contributed by atoms with E-state index < -0.39 is 8.80 Å². The van der Waals surface area contributed by atoms with Crippen molar-refractivity contribution in [2.45, 2.75) is 47.0 Å². The Morgan fingerprint density at radius 2 is 1.38 bits per heavy atom. The molecule has 0 atom stereocenters. The van der Waals surface area contributed by atoms with E-state index in [1.807, 2.05) is 0 Å². The molecule has 5 heteroatoms. The molecule has 0 fully saturated rings. The second kappa shape index (κ2) is 9.94. The maximum atomic E-state index is 6.19. The Kier molecular flexibility index (Phi) is 9.04. The summed E-state index contributed by atoms with van der Waals surface area (Å²) in [6.07, 6.45) is 2.88. The zero-order valence-electron chi connectivity index (χ0n) is 13.6. The summed E-state index contributed by atoms with van der Waals surface area (Å²) in [4.78, 5) is 0. The van der Waals surface area contributed by atoms with E-state index in [1.54, 1.807) is 0 Å². The minimum absolute atomic E-state index is 0.670. The predicted molar refractivity (Wildman–Crippen MR) is 98.0 cm³/mol. The molecule has 0 aromatic heterocycles. The zero-order chi connectivity index (χ0) is 15.7. The minimum atomic E-state index is -2.82. The standard InChI is InChI=1S/C16H27IO3Si/c1-5-11-18-21(19-12-6-2,20-13-7-3)15-10-8-9-14(4)16(15)17/h8-10H,5-7,11-13H2,1-4H3. The molecule has 0 aliphatic rings. The Morgan fingerprint density at radius 3 is 1.81 bits per heavy atom. The summed E-state index contributed by atoms with van der Waals surface area (Å²) in [6, 6.07) is 6.28. The maximum Gasteiger partial charge on any atom is 0.538 e. The third-order valence-corrected chi connectivity index (χ3v) is 7.78. The van der Waals surface area contributed by atoms with Gasteiger partial charge in [0.2, 0.25) is 0 Å². The van der Waals surface area contributed by atoms with Crippen molar-refractivity contribution < 1.29 is 13.3 Å². The van der Waals surface area contributed by atoms with Crippen LogP contribution >= 0.6 is 22.6 Å². The van der Waals surface area contributed by atoms with Crippen LogP contribution in [0.1, 0.15) is 45.6 Å². The van der Waals surface area contributed by atoms with Gasteiger partial charge in [0.1, 0.15) is 0 Å². The molecule has 0 aliphatic carbocycles. The molecule has 21 heavy (non-hydrogen) atoms. The number of rotatable bonds is 10. The molecular formula is C16H27IO3Si. The molecule has 3 nitrogen and oxygen atoms in total. The smallest absolute Gasteiger partial charge is 0.370 e. The number of halogens is 1. The highest BCUT2D eigenvalue weighted by Crippen LogP contribution is 2.18. The van der Waals surface area contributed by atoms with Gasteiger partial charge < -0.3 is 13.3 Å². The van der Waals surface area contributed by atoms with E-state index in [4.69, 9.17) is 13.3 Å². The van der Waals surface area contributed by atoms with Gasteiger partial charge in [-0.3, -0.25) is 0 Å². The summed E-state index contributed by atoms with van der Waals surface area (Å²) < 4.78 is 19.8. The molecule has 1 aromatic carbocycles. The Morgan fingerprint density at radius 1 is 0.905 bits per heavy atom. The molecule has 0 aliphatic heterocycles. The van der Waals surface area contributed by atoms with E-state index in [1.165, 1.54) is 9.13 Å². The molecule has 0 unspecified atom stereocenters. The fraction of sp³-hybridized carbons (Fsp3) is 0.625. The van der Waals surface area contributed by atoms with Crippen LogP contribution in [0, 0.1) is 10.5 Å². The molecule has 0 saturated heterocycles. The first kappa shape index (κ1) is 19.1. The fourth-order valence-corrected chi connectivity index (χ4v) is 6.20. The largest absolute Gasteiger partial charge is 0.538 e. The van der Waals surface area contributed by atoms with Crippen LogP contribution in [0.5, 0.6) is 0 Å². The molecule has 0 radical (unpaired) electrons. The number of hydrogen-bond acceptors (Lipinski definition) is 3. The van der Waals surface area contributed by atoms with Crippen LogP contribution in [0.2, 0.25) is 0 Å². The third kappa shape index (κ3) is 5.32. The van der Waals surface area contributed by atoms with Crippen LogP contribution in [-0.4, -0.2) is 28.6 Å². The van der Waals surface area contributed by atoms with Crippen molar-refractivity contribution in [3.8, 4) is 0 Å². The van der Waals surface area contributed by atoms with Gasteiger partial charge in [-0.05, 0) is 54.3 Å². The molecule has 1 rings (SSSR count). The van der Waals surface area contributed by atoms with Crippen molar-refractivity contribution >= 4 is 36.6 Å². The second-order valence-electron chi connectivity index (χ2n) is 5.04. The molecule has 1 aromatic rings. The Bertz CT molecular complexity index is 404. The van der Waals surface area contributed by atoms with E-state index in [0.29, 0.717) is 19.8 Å². The van der Waals surface area contributed by atoms with E-state index in [-0.39, 0.29) is 0 Å². The fourth-order valence-electron chi connectivity index (χ4n) is 1.95. The van der Waals surface area contributed by atoms with Crippen LogP contribution in [-0.2, 0) is 13.3 Å². The van der Waals surface area contributed by atoms with Crippen molar-refractivity contribution in [3.63, 3.8) is 0 Å². The molecule has 0 amide bonds. The van der Waals surface area contributed by atoms with Gasteiger partial charge in [0.05, 0.1) is 0 Å². The highest BCUT2D eigenvalue weighted by Gasteiger charge is 2.45. The quantitative estimate of drug-likeness (QED) is 0.421. The highest BCUT2D eigenvalue weighted by atomic mass is 127. The molecule has 0 N–H and O–H groups in total. The molecule has 0 saturated carbocycles. The SMILES string of the molecule is CCCO[Si](OCCC)(OCCC)c1cccc(C)c1I. The van der Waals surface area contributed by atoms with Crippen LogP contribution < -0.4 is 5.19 Å². The lowest BCUT2D eigenvalue weighted by Crippen LogP contribution is -2.58. The first-order valence-corrected chi connectivity index (χ1v) is 10.6. The molecular weight excluding hydrogens is 395 g/mol. The first-order chi connectivity index (χ1) is 10.1. The highest BCUT2D eigenvalue weighted by molar-refractivity contribution is 14.1. The molecule has 0 heterocycles. The summed E-state index contributed by atoms with van der Waals surface area (Å²) in [5, 5.41) is 1.11. The molecule has 120 valence electrons. The first-order valence-electron chi connectivity index (χ1n) is 7.78. The van der Waals surface area contributed by atoms with Gasteiger partial charge >= 0.3 is 8.80 Å². The van der Waals surface area contributed by atoms with Crippen molar-refractivity contribution in [1.29, 1.82) is 0 Å². The van der Waals surface area contributed by atoms with Gasteiger partial charge in [-0.2, -0.15) is 0 Å². The van der Waals surface area contributed by atoms with Gasteiger partial charge in [0, 0.05) is 28.6 Å². The summed E-state index contributed by atoms with van der Waals surface area (Å²) in [7, 11) is -2.82. The summed E-state index contributed by atoms with van der Waals surface area (Å²) >= 11 is 2.38. The van der Waals surface area contributed by atoms with Gasteiger partial charge in [-0.25, -0.2) is 0 Å². The summed E-state index contributed by atoms with van der Waals surface area (Å²) in [5.41, 5.74) is 1.24. The van der Waals surface area contributed by atoms with Crippen molar-refractivity contribution in [1.82, 2.24) is 0 Å². The second-order valence-corrected chi connectivity index (χ2v) is 8.63. The predicted octanol–water partition coefficient (Wildman–Crippen LogP) is 4.03. The van der Waals surface area contributed by atoms with E-state index in [0.717, 1.165) is 24.4 Å². The average Bonchev–Trinajstić information content (AvgIpc) is 2.50. The Hall–Kier alpha value is 0.0469. The normalized spacial score (nSPS) is 11.9. The zero-order valence-corrected chi connectivity index (χ0v) is 16.7. The topological polar surface area (TPSA) is 27.7 Å². The van der Waals surface area contributed by atoms with E-state index in [9.17, 15) is 0 Å². The van der Waals surface area contributed by atoms with Crippen molar-refractivity contribution in [3.05, 3.63) is 27.3 Å². The van der Waals surface area contributed by atoms with Gasteiger partial charge in [0.25, 0.3) is 0 Å². The number of hydrogen-bond donors (Lipinski definition) is 0. The van der Waals surface area contributed by atoms with E-state index in [2.05, 4.69) is 68.5 Å². The summed E-state index contributed by atoms with van der Waals surface area (Å²) in [5.74, 6) is 0. The van der Waals surface area contributed by atoms with E-state index >= 15 is 0 Å². The van der Waals surface area contributed by atoms with Gasteiger partial charge in [-0.1, -0.05) is 39.0 Å². The number of aryl methyl sites for hydroxylation is 1. The molecule has 0 bridgehead atoms. The maximum absolute atomic E-state index is 6.19. The van der Waals surface area contributed by atoms with Gasteiger partial charge in [0.15, 0.2) is 0 Å². The lowest BCUT2D eigenvalue weighted by molar-refractivity contribution is 0.0730. The number of benzene rings is 1. The average molecular weight is 422 g/mol. The third-order valence-electron chi connectivity index (χ3n) is 3.01. The van der Waals surface area contributed by atoms with Crippen LogP contribution in [0.15, 0.2) is 18.2 Å².